The van der Waals surface area contributed by atoms with Crippen LogP contribution in [0, 0.1) is 0 Å². The Labute approximate surface area is 175 Å². The Morgan fingerprint density at radius 2 is 1.90 bits per heavy atom. The first-order chi connectivity index (χ1) is 14.9. The number of hydrogen-bond acceptors (Lipinski definition) is 10. The molecule has 12 heteroatoms. The van der Waals surface area contributed by atoms with Gasteiger partial charge in [-0.15, -0.1) is 0 Å². The molecule has 1 aliphatic rings. The molecule has 31 heavy (non-hydrogen) atoms. The van der Waals surface area contributed by atoms with Crippen molar-refractivity contribution in [2.75, 3.05) is 11.9 Å². The Morgan fingerprint density at radius 1 is 1.16 bits per heavy atom. The number of carboxylic acid groups (broad SMARTS) is 1. The summed E-state index contributed by atoms with van der Waals surface area (Å²) in [5.41, 5.74) is 1.19. The molecule has 2 unspecified atom stereocenters. The summed E-state index contributed by atoms with van der Waals surface area (Å²) in [6, 6.07) is 5.15. The molecule has 1 saturated heterocycles. The Morgan fingerprint density at radius 3 is 2.55 bits per heavy atom. The van der Waals surface area contributed by atoms with Gasteiger partial charge in [-0.05, 0) is 17.7 Å². The summed E-state index contributed by atoms with van der Waals surface area (Å²) in [4.78, 5) is 24.2. The third-order valence-electron chi connectivity index (χ3n) is 5.14. The van der Waals surface area contributed by atoms with Crippen LogP contribution in [0.4, 0.5) is 5.82 Å². The van der Waals surface area contributed by atoms with Crippen molar-refractivity contribution in [2.24, 2.45) is 0 Å². The summed E-state index contributed by atoms with van der Waals surface area (Å²) >= 11 is 0. The highest BCUT2D eigenvalue weighted by Crippen LogP contribution is 2.32. The van der Waals surface area contributed by atoms with E-state index in [-0.39, 0.29) is 29.2 Å². The Balaban J connectivity index is 1.61. The number of carboxylic acids is 1. The second-order valence-electron chi connectivity index (χ2n) is 7.18. The minimum atomic E-state index is -1.32. The summed E-state index contributed by atoms with van der Waals surface area (Å²) in [5.74, 6) is -0.860. The number of anilines is 1. The smallest absolute Gasteiger partial charge is 0.326 e. The maximum Gasteiger partial charge on any atom is 0.326 e. The molecule has 1 aliphatic heterocycles. The van der Waals surface area contributed by atoms with Crippen molar-refractivity contribution in [1.29, 1.82) is 0 Å². The average Bonchev–Trinajstić information content (AvgIpc) is 3.31. The zero-order chi connectivity index (χ0) is 22.1. The van der Waals surface area contributed by atoms with E-state index in [1.165, 1.54) is 29.4 Å². The van der Waals surface area contributed by atoms with E-state index < -0.39 is 43.2 Å². The van der Waals surface area contributed by atoms with Crippen LogP contribution in [0.1, 0.15) is 11.8 Å². The van der Waals surface area contributed by atoms with Crippen molar-refractivity contribution in [2.45, 2.75) is 37.0 Å². The number of rotatable bonds is 7. The fraction of sp³-hybridized carbons (Fsp3) is 0.368. The van der Waals surface area contributed by atoms with Gasteiger partial charge < -0.3 is 35.6 Å². The Bertz CT molecular complexity index is 1070. The van der Waals surface area contributed by atoms with Gasteiger partial charge in [0.05, 0.1) is 12.9 Å². The molecule has 0 aliphatic carbocycles. The van der Waals surface area contributed by atoms with Gasteiger partial charge in [0, 0.05) is 6.42 Å². The molecule has 164 valence electrons. The van der Waals surface area contributed by atoms with Crippen molar-refractivity contribution in [3.63, 3.8) is 0 Å². The second kappa shape index (κ2) is 8.43. The Hall–Kier alpha value is -3.32. The highest BCUT2D eigenvalue weighted by Gasteiger charge is 2.44. The molecular weight excluding hydrogens is 410 g/mol. The second-order valence-corrected chi connectivity index (χ2v) is 7.18. The lowest BCUT2D eigenvalue weighted by molar-refractivity contribution is -0.137. The number of benzene rings is 1. The highest BCUT2D eigenvalue weighted by atomic mass is 16.6. The van der Waals surface area contributed by atoms with Crippen LogP contribution in [0.25, 0.3) is 11.2 Å². The summed E-state index contributed by atoms with van der Waals surface area (Å²) in [5, 5.41) is 51.4. The number of ether oxygens (including phenoxy) is 1. The molecule has 0 amide bonds. The quantitative estimate of drug-likeness (QED) is 0.277. The van der Waals surface area contributed by atoms with E-state index in [9.17, 15) is 30.3 Å². The topological polar surface area (TPSA) is 183 Å². The summed E-state index contributed by atoms with van der Waals surface area (Å²) in [7, 11) is 0. The number of nitrogens with zero attached hydrogens (tertiary/aromatic N) is 4. The van der Waals surface area contributed by atoms with Gasteiger partial charge in [-0.2, -0.15) is 0 Å². The first-order valence-electron chi connectivity index (χ1n) is 9.46. The zero-order valence-electron chi connectivity index (χ0n) is 16.1. The number of imidazole rings is 1. The maximum absolute atomic E-state index is 11.8. The summed E-state index contributed by atoms with van der Waals surface area (Å²) in [6.45, 7) is -0.472. The predicted molar refractivity (Wildman–Crippen MR) is 105 cm³/mol. The largest absolute Gasteiger partial charge is 0.508 e. The van der Waals surface area contributed by atoms with Crippen LogP contribution in [0.15, 0.2) is 36.9 Å². The lowest BCUT2D eigenvalue weighted by atomic mass is 10.1. The molecule has 2 aromatic heterocycles. The number of phenols is 1. The van der Waals surface area contributed by atoms with E-state index in [4.69, 9.17) is 4.74 Å². The molecule has 4 rings (SSSR count). The van der Waals surface area contributed by atoms with E-state index >= 15 is 0 Å². The molecule has 6 N–H and O–H groups in total. The molecule has 0 radical (unpaired) electrons. The lowest BCUT2D eigenvalue weighted by Crippen LogP contribution is -2.33. The minimum Gasteiger partial charge on any atom is -0.508 e. The van der Waals surface area contributed by atoms with Crippen molar-refractivity contribution in [3.05, 3.63) is 42.5 Å². The number of aliphatic hydroxyl groups excluding tert-OH is 3. The van der Waals surface area contributed by atoms with Gasteiger partial charge in [0.2, 0.25) is 0 Å². The SMILES string of the molecule is O=C(O)[C@@H](Cc1ccc(O)cc1)Nc1ncnc2c1ncn2[C@@H]1O[C@H](CO)C(O)C1O. The van der Waals surface area contributed by atoms with E-state index in [0.717, 1.165) is 0 Å². The van der Waals surface area contributed by atoms with E-state index in [2.05, 4.69) is 20.3 Å². The maximum atomic E-state index is 11.8. The number of aromatic nitrogens is 4. The molecule has 0 bridgehead atoms. The van der Waals surface area contributed by atoms with Crippen LogP contribution in [-0.2, 0) is 16.0 Å². The summed E-state index contributed by atoms with van der Waals surface area (Å²) < 4.78 is 6.90. The predicted octanol–water partition coefficient (Wildman–Crippen LogP) is -0.749. The fourth-order valence-electron chi connectivity index (χ4n) is 3.49. The molecule has 0 spiro atoms. The lowest BCUT2D eigenvalue weighted by Gasteiger charge is -2.17. The molecule has 3 heterocycles. The van der Waals surface area contributed by atoms with Gasteiger partial charge in [0.25, 0.3) is 0 Å². The molecule has 0 saturated carbocycles. The third-order valence-corrected chi connectivity index (χ3v) is 5.14. The molecule has 12 nitrogen and oxygen atoms in total. The average molecular weight is 431 g/mol. The van der Waals surface area contributed by atoms with Gasteiger partial charge in [0.1, 0.15) is 36.4 Å². The summed E-state index contributed by atoms with van der Waals surface area (Å²) in [6.07, 6.45) is -1.93. The standard InChI is InChI=1S/C19H21N5O7/c25-6-12-14(27)15(28)18(31-12)24-8-22-13-16(20-7-21-17(13)24)23-11(19(29)30)5-9-1-3-10(26)4-2-9/h1-4,7-8,11-12,14-15,18,25-28H,5-6H2,(H,29,30)(H,20,21,23)/t11-,12-,14?,15?,18-/m1/s1. The number of phenolic OH excluding ortho intramolecular Hbond substituents is 1. The van der Waals surface area contributed by atoms with Gasteiger partial charge in [0.15, 0.2) is 23.2 Å². The molecule has 3 aromatic rings. The normalized spacial score (nSPS) is 24.4. The number of nitrogens with one attached hydrogen (secondary N) is 1. The third kappa shape index (κ3) is 4.01. The van der Waals surface area contributed by atoms with E-state index in [1.54, 1.807) is 12.1 Å². The molecule has 1 fully saturated rings. The van der Waals surface area contributed by atoms with E-state index in [0.29, 0.717) is 5.56 Å². The van der Waals surface area contributed by atoms with Crippen molar-refractivity contribution >= 4 is 23.0 Å². The first kappa shape index (κ1) is 20.9. The molecule has 5 atom stereocenters. The van der Waals surface area contributed by atoms with Crippen molar-refractivity contribution < 1.29 is 35.1 Å². The van der Waals surface area contributed by atoms with Gasteiger partial charge >= 0.3 is 5.97 Å². The number of aliphatic hydroxyl groups is 3. The number of aliphatic carboxylic acids is 1. The molecule has 1 aromatic carbocycles. The van der Waals surface area contributed by atoms with Gasteiger partial charge in [-0.3, -0.25) is 4.57 Å². The van der Waals surface area contributed by atoms with Crippen LogP contribution >= 0.6 is 0 Å². The fourth-order valence-corrected chi connectivity index (χ4v) is 3.49. The Kier molecular flexibility index (Phi) is 5.69. The van der Waals surface area contributed by atoms with Gasteiger partial charge in [-0.1, -0.05) is 12.1 Å². The van der Waals surface area contributed by atoms with Crippen molar-refractivity contribution in [1.82, 2.24) is 19.5 Å². The number of hydrogen-bond donors (Lipinski definition) is 6. The van der Waals surface area contributed by atoms with Crippen LogP contribution < -0.4 is 5.32 Å². The number of carbonyl (C=O) groups is 1. The number of aromatic hydroxyl groups is 1. The van der Waals surface area contributed by atoms with E-state index in [1.807, 2.05) is 0 Å². The zero-order valence-corrected chi connectivity index (χ0v) is 16.1. The van der Waals surface area contributed by atoms with Crippen LogP contribution in [0.5, 0.6) is 5.75 Å². The highest BCUT2D eigenvalue weighted by molar-refractivity contribution is 5.86. The minimum absolute atomic E-state index is 0.0801. The first-order valence-corrected chi connectivity index (χ1v) is 9.46. The van der Waals surface area contributed by atoms with Crippen LogP contribution in [-0.4, -0.2) is 82.0 Å². The van der Waals surface area contributed by atoms with Crippen molar-refractivity contribution in [3.8, 4) is 5.75 Å². The van der Waals surface area contributed by atoms with Gasteiger partial charge in [-0.25, -0.2) is 19.7 Å². The van der Waals surface area contributed by atoms with Crippen LogP contribution in [0.2, 0.25) is 0 Å². The molecular formula is C19H21N5O7. The number of fused-ring (bicyclic) bond motifs is 1. The monoisotopic (exact) mass is 431 g/mol. The van der Waals surface area contributed by atoms with Crippen LogP contribution in [0.3, 0.4) is 0 Å².